The maximum absolute atomic E-state index is 12.5. The van der Waals surface area contributed by atoms with Gasteiger partial charge in [-0.25, -0.2) is 9.97 Å². The van der Waals surface area contributed by atoms with E-state index < -0.39 is 18.2 Å². The molecule has 2 aromatic heterocycles. The first-order chi connectivity index (χ1) is 18.3. The van der Waals surface area contributed by atoms with E-state index in [4.69, 9.17) is 9.47 Å². The number of hydrogen-bond acceptors (Lipinski definition) is 8. The van der Waals surface area contributed by atoms with Crippen LogP contribution in [0.1, 0.15) is 29.2 Å². The van der Waals surface area contributed by atoms with Gasteiger partial charge in [-0.05, 0) is 53.6 Å². The summed E-state index contributed by atoms with van der Waals surface area (Å²) in [5.41, 5.74) is 1.98. The van der Waals surface area contributed by atoms with E-state index in [2.05, 4.69) is 25.0 Å². The SMILES string of the molecule is COC(=O)CC(c1ccc(OC(F)(F)F)cc1)c1ccnc(Oc2ccc(CNc3ccccn3)cc2)n1. The molecule has 0 aliphatic heterocycles. The van der Waals surface area contributed by atoms with E-state index in [-0.39, 0.29) is 18.2 Å². The van der Waals surface area contributed by atoms with Crippen LogP contribution in [0.4, 0.5) is 19.0 Å². The number of rotatable bonds is 10. The van der Waals surface area contributed by atoms with Crippen LogP contribution >= 0.6 is 0 Å². The number of nitrogens with one attached hydrogen (secondary N) is 1. The van der Waals surface area contributed by atoms with Gasteiger partial charge in [0.15, 0.2) is 0 Å². The van der Waals surface area contributed by atoms with Crippen molar-refractivity contribution in [3.63, 3.8) is 0 Å². The lowest BCUT2D eigenvalue weighted by molar-refractivity contribution is -0.274. The van der Waals surface area contributed by atoms with Crippen molar-refractivity contribution in [3.05, 3.63) is 102 Å². The van der Waals surface area contributed by atoms with Crippen molar-refractivity contribution in [1.29, 1.82) is 0 Å². The monoisotopic (exact) mass is 524 g/mol. The molecule has 2 heterocycles. The first-order valence-electron chi connectivity index (χ1n) is 11.5. The highest BCUT2D eigenvalue weighted by Crippen LogP contribution is 2.31. The Morgan fingerprint density at radius 2 is 1.66 bits per heavy atom. The summed E-state index contributed by atoms with van der Waals surface area (Å²) in [6, 6.07) is 19.8. The van der Waals surface area contributed by atoms with Crippen LogP contribution < -0.4 is 14.8 Å². The van der Waals surface area contributed by atoms with Gasteiger partial charge in [-0.3, -0.25) is 4.79 Å². The first-order valence-corrected chi connectivity index (χ1v) is 11.5. The molecule has 0 aliphatic carbocycles. The predicted molar refractivity (Wildman–Crippen MR) is 132 cm³/mol. The van der Waals surface area contributed by atoms with Gasteiger partial charge in [0.1, 0.15) is 17.3 Å². The molecule has 0 radical (unpaired) electrons. The Morgan fingerprint density at radius 3 is 2.32 bits per heavy atom. The Hall–Kier alpha value is -4.67. The normalized spacial score (nSPS) is 11.9. The van der Waals surface area contributed by atoms with Gasteiger partial charge in [-0.1, -0.05) is 30.3 Å². The van der Waals surface area contributed by atoms with Gasteiger partial charge in [0.05, 0.1) is 19.2 Å². The molecule has 0 saturated heterocycles. The largest absolute Gasteiger partial charge is 0.573 e. The fraction of sp³-hybridized carbons (Fsp3) is 0.185. The minimum absolute atomic E-state index is 0.0498. The number of anilines is 1. The van der Waals surface area contributed by atoms with Crippen LogP contribution in [0.5, 0.6) is 17.5 Å². The van der Waals surface area contributed by atoms with Crippen molar-refractivity contribution in [2.45, 2.75) is 25.2 Å². The number of halogens is 3. The lowest BCUT2D eigenvalue weighted by atomic mass is 9.92. The van der Waals surface area contributed by atoms with Gasteiger partial charge in [-0.2, -0.15) is 4.98 Å². The van der Waals surface area contributed by atoms with Gasteiger partial charge in [0.2, 0.25) is 0 Å². The average molecular weight is 524 g/mol. The van der Waals surface area contributed by atoms with Crippen molar-refractivity contribution in [3.8, 4) is 17.5 Å². The molecule has 0 aliphatic rings. The van der Waals surface area contributed by atoms with E-state index >= 15 is 0 Å². The fourth-order valence-corrected chi connectivity index (χ4v) is 3.58. The molecule has 4 rings (SSSR count). The van der Waals surface area contributed by atoms with Crippen molar-refractivity contribution in [2.75, 3.05) is 12.4 Å². The zero-order valence-electron chi connectivity index (χ0n) is 20.2. The number of methoxy groups -OCH3 is 1. The number of alkyl halides is 3. The van der Waals surface area contributed by atoms with Crippen molar-refractivity contribution < 1.29 is 32.2 Å². The summed E-state index contributed by atoms with van der Waals surface area (Å²) in [7, 11) is 1.25. The van der Waals surface area contributed by atoms with E-state index in [1.165, 1.54) is 37.6 Å². The zero-order valence-corrected chi connectivity index (χ0v) is 20.2. The quantitative estimate of drug-likeness (QED) is 0.258. The molecule has 0 amide bonds. The van der Waals surface area contributed by atoms with Crippen molar-refractivity contribution >= 4 is 11.8 Å². The van der Waals surface area contributed by atoms with Gasteiger partial charge in [0.25, 0.3) is 0 Å². The van der Waals surface area contributed by atoms with Crippen LogP contribution in [0.3, 0.4) is 0 Å². The number of ether oxygens (including phenoxy) is 3. The maximum atomic E-state index is 12.5. The number of esters is 1. The van der Waals surface area contributed by atoms with E-state index in [9.17, 15) is 18.0 Å². The number of hydrogen-bond donors (Lipinski definition) is 1. The van der Waals surface area contributed by atoms with Crippen LogP contribution in [0.25, 0.3) is 0 Å². The molecule has 0 saturated carbocycles. The second kappa shape index (κ2) is 12.0. The van der Waals surface area contributed by atoms with E-state index in [1.807, 2.05) is 30.3 Å². The Balaban J connectivity index is 1.48. The summed E-state index contributed by atoms with van der Waals surface area (Å²) in [6.07, 6.45) is -1.71. The number of benzene rings is 2. The summed E-state index contributed by atoms with van der Waals surface area (Å²) in [4.78, 5) is 24.9. The first kappa shape index (κ1) is 26.4. The average Bonchev–Trinajstić information content (AvgIpc) is 2.91. The third-order valence-electron chi connectivity index (χ3n) is 5.40. The molecule has 196 valence electrons. The summed E-state index contributed by atoms with van der Waals surface area (Å²) >= 11 is 0. The minimum atomic E-state index is -4.81. The maximum Gasteiger partial charge on any atom is 0.573 e. The van der Waals surface area contributed by atoms with Crippen molar-refractivity contribution in [1.82, 2.24) is 15.0 Å². The Bertz CT molecular complexity index is 1340. The molecule has 1 unspecified atom stereocenters. The molecule has 1 N–H and O–H groups in total. The highest BCUT2D eigenvalue weighted by molar-refractivity contribution is 5.71. The second-order valence-corrected chi connectivity index (χ2v) is 8.03. The molecule has 1 atom stereocenters. The number of nitrogens with zero attached hydrogens (tertiary/aromatic N) is 3. The van der Waals surface area contributed by atoms with Crippen LogP contribution in [0, 0.1) is 0 Å². The molecule has 8 nitrogen and oxygen atoms in total. The van der Waals surface area contributed by atoms with Crippen LogP contribution in [-0.4, -0.2) is 34.4 Å². The second-order valence-electron chi connectivity index (χ2n) is 8.03. The number of carbonyl (C=O) groups excluding carboxylic acids is 1. The lowest BCUT2D eigenvalue weighted by Crippen LogP contribution is -2.17. The topological polar surface area (TPSA) is 95.5 Å². The highest BCUT2D eigenvalue weighted by Gasteiger charge is 2.31. The molecular formula is C27H23F3N4O4. The third-order valence-corrected chi connectivity index (χ3v) is 5.40. The number of aromatic nitrogens is 3. The summed E-state index contributed by atoms with van der Waals surface area (Å²) < 4.78 is 52.1. The lowest BCUT2D eigenvalue weighted by Gasteiger charge is -2.17. The highest BCUT2D eigenvalue weighted by atomic mass is 19.4. The van der Waals surface area contributed by atoms with Crippen molar-refractivity contribution in [2.24, 2.45) is 0 Å². The molecular weight excluding hydrogens is 501 g/mol. The predicted octanol–water partition coefficient (Wildman–Crippen LogP) is 5.87. The Morgan fingerprint density at radius 1 is 0.921 bits per heavy atom. The minimum Gasteiger partial charge on any atom is -0.469 e. The zero-order chi connectivity index (χ0) is 27.0. The van der Waals surface area contributed by atoms with Crippen LogP contribution in [0.2, 0.25) is 0 Å². The molecule has 0 bridgehead atoms. The summed E-state index contributed by atoms with van der Waals surface area (Å²) in [5.74, 6) is -0.234. The standard InChI is InChI=1S/C27H23F3N4O4/c1-36-25(35)16-22(19-7-11-21(12-8-19)38-27(28,29)30)23-13-15-32-26(34-23)37-20-9-5-18(6-10-20)17-33-24-4-2-3-14-31-24/h2-15,22H,16-17H2,1H3,(H,31,33). The van der Waals surface area contributed by atoms with E-state index in [0.29, 0.717) is 23.6 Å². The van der Waals surface area contributed by atoms with Crippen LogP contribution in [0.15, 0.2) is 85.2 Å². The fourth-order valence-electron chi connectivity index (χ4n) is 3.58. The molecule has 38 heavy (non-hydrogen) atoms. The third kappa shape index (κ3) is 7.66. The molecule has 11 heteroatoms. The Labute approximate surface area is 216 Å². The van der Waals surface area contributed by atoms with Crippen LogP contribution in [-0.2, 0) is 16.1 Å². The Kier molecular flexibility index (Phi) is 8.37. The number of pyridine rings is 1. The summed E-state index contributed by atoms with van der Waals surface area (Å²) in [6.45, 7) is 0.575. The van der Waals surface area contributed by atoms with E-state index in [0.717, 1.165) is 11.4 Å². The summed E-state index contributed by atoms with van der Waals surface area (Å²) in [5, 5.41) is 3.22. The van der Waals surface area contributed by atoms with Gasteiger partial charge < -0.3 is 19.5 Å². The molecule has 2 aromatic carbocycles. The van der Waals surface area contributed by atoms with Gasteiger partial charge in [0, 0.05) is 24.9 Å². The molecule has 0 fully saturated rings. The van der Waals surface area contributed by atoms with E-state index in [1.54, 1.807) is 24.4 Å². The smallest absolute Gasteiger partial charge is 0.469 e. The number of carbonyl (C=O) groups is 1. The molecule has 0 spiro atoms. The van der Waals surface area contributed by atoms with Gasteiger partial charge in [-0.15, -0.1) is 13.2 Å². The van der Waals surface area contributed by atoms with Gasteiger partial charge >= 0.3 is 18.3 Å². The molecule has 4 aromatic rings.